The lowest BCUT2D eigenvalue weighted by molar-refractivity contribution is 0.184. The van der Waals surface area contributed by atoms with Gasteiger partial charge >= 0.3 is 0 Å². The number of thiophene rings is 1. The summed E-state index contributed by atoms with van der Waals surface area (Å²) < 4.78 is 6.71. The third-order valence-corrected chi connectivity index (χ3v) is 4.46. The average molecular weight is 316 g/mol. The Labute approximate surface area is 127 Å². The molecule has 2 nitrogen and oxygen atoms in total. The molecule has 2 atom stereocenters. The highest BCUT2D eigenvalue weighted by molar-refractivity contribution is 7.16. The molecule has 102 valence electrons. The fourth-order valence-electron chi connectivity index (χ4n) is 1.74. The Morgan fingerprint density at radius 2 is 1.95 bits per heavy atom. The van der Waals surface area contributed by atoms with E-state index in [9.17, 15) is 0 Å². The second-order valence-corrected chi connectivity index (χ2v) is 6.60. The van der Waals surface area contributed by atoms with E-state index in [1.165, 1.54) is 11.3 Å². The van der Waals surface area contributed by atoms with Crippen LogP contribution in [0, 0.1) is 6.92 Å². The van der Waals surface area contributed by atoms with Gasteiger partial charge in [-0.05, 0) is 49.7 Å². The number of nitrogens with two attached hydrogens (primary N) is 1. The lowest BCUT2D eigenvalue weighted by Crippen LogP contribution is -2.28. The first kappa shape index (κ1) is 14.7. The van der Waals surface area contributed by atoms with Gasteiger partial charge in [-0.25, -0.2) is 0 Å². The Morgan fingerprint density at radius 3 is 2.47 bits per heavy atom. The number of aryl methyl sites for hydroxylation is 1. The van der Waals surface area contributed by atoms with Crippen LogP contribution in [0.2, 0.25) is 9.36 Å². The molecule has 0 aliphatic rings. The van der Waals surface area contributed by atoms with E-state index < -0.39 is 0 Å². The van der Waals surface area contributed by atoms with Crippen LogP contribution >= 0.6 is 34.5 Å². The molecule has 19 heavy (non-hydrogen) atoms. The summed E-state index contributed by atoms with van der Waals surface area (Å²) in [6.07, 6.45) is -0.210. The van der Waals surface area contributed by atoms with Crippen molar-refractivity contribution in [1.29, 1.82) is 0 Å². The normalized spacial score (nSPS) is 14.2. The van der Waals surface area contributed by atoms with Crippen LogP contribution in [0.1, 0.15) is 23.5 Å². The predicted octanol–water partition coefficient (Wildman–Crippen LogP) is 4.83. The minimum atomic E-state index is -0.210. The minimum absolute atomic E-state index is 0.134. The molecule has 1 aromatic carbocycles. The second kappa shape index (κ2) is 6.14. The molecule has 2 unspecified atom stereocenters. The summed E-state index contributed by atoms with van der Waals surface area (Å²) in [5.41, 5.74) is 6.98. The molecule has 0 saturated carbocycles. The molecule has 1 heterocycles. The van der Waals surface area contributed by atoms with Gasteiger partial charge in [0.1, 0.15) is 11.9 Å². The van der Waals surface area contributed by atoms with E-state index in [0.29, 0.717) is 0 Å². The summed E-state index contributed by atoms with van der Waals surface area (Å²) >= 11 is 13.5. The van der Waals surface area contributed by atoms with Crippen molar-refractivity contribution in [3.05, 3.63) is 50.1 Å². The molecule has 0 saturated heterocycles. The zero-order valence-corrected chi connectivity index (χ0v) is 13.0. The number of hydrogen-bond acceptors (Lipinski definition) is 3. The molecule has 0 bridgehead atoms. The van der Waals surface area contributed by atoms with Crippen LogP contribution in [-0.4, -0.2) is 6.04 Å². The zero-order chi connectivity index (χ0) is 14.0. The standard InChI is InChI=1S/C14H15Cl2NOS/c1-8-7-10(3-4-11(8)15)18-14(9(2)17)12-5-6-13(16)19-12/h3-7,9,14H,17H2,1-2H3. The lowest BCUT2D eigenvalue weighted by atomic mass is 10.1. The van der Waals surface area contributed by atoms with Crippen molar-refractivity contribution in [3.63, 3.8) is 0 Å². The fourth-order valence-corrected chi connectivity index (χ4v) is 3.07. The third-order valence-electron chi connectivity index (χ3n) is 2.74. The minimum Gasteiger partial charge on any atom is -0.483 e. The van der Waals surface area contributed by atoms with E-state index in [4.69, 9.17) is 33.7 Å². The molecule has 0 spiro atoms. The molecule has 5 heteroatoms. The molecule has 0 aliphatic carbocycles. The summed E-state index contributed by atoms with van der Waals surface area (Å²) in [6.45, 7) is 3.86. The van der Waals surface area contributed by atoms with Crippen LogP contribution in [0.5, 0.6) is 5.75 Å². The van der Waals surface area contributed by atoms with Gasteiger partial charge in [0.05, 0.1) is 4.34 Å². The number of benzene rings is 1. The van der Waals surface area contributed by atoms with Crippen molar-refractivity contribution in [1.82, 2.24) is 0 Å². The molecule has 0 fully saturated rings. The van der Waals surface area contributed by atoms with Crippen molar-refractivity contribution >= 4 is 34.5 Å². The number of hydrogen-bond donors (Lipinski definition) is 1. The molecule has 2 N–H and O–H groups in total. The molecule has 0 radical (unpaired) electrons. The van der Waals surface area contributed by atoms with E-state index in [1.807, 2.05) is 44.2 Å². The van der Waals surface area contributed by atoms with Crippen molar-refractivity contribution in [2.75, 3.05) is 0 Å². The van der Waals surface area contributed by atoms with Crippen LogP contribution in [0.3, 0.4) is 0 Å². The average Bonchev–Trinajstić information content (AvgIpc) is 2.76. The Morgan fingerprint density at radius 1 is 1.21 bits per heavy atom. The fraction of sp³-hybridized carbons (Fsp3) is 0.286. The first-order valence-corrected chi connectivity index (χ1v) is 7.48. The molecular weight excluding hydrogens is 301 g/mol. The highest BCUT2D eigenvalue weighted by atomic mass is 35.5. The smallest absolute Gasteiger partial charge is 0.148 e. The van der Waals surface area contributed by atoms with Gasteiger partial charge in [-0.3, -0.25) is 0 Å². The Balaban J connectivity index is 2.23. The Kier molecular flexibility index (Phi) is 4.74. The van der Waals surface area contributed by atoms with Crippen LogP contribution < -0.4 is 10.5 Å². The highest BCUT2D eigenvalue weighted by Crippen LogP contribution is 2.32. The summed E-state index contributed by atoms with van der Waals surface area (Å²) in [6, 6.07) is 9.25. The van der Waals surface area contributed by atoms with E-state index in [-0.39, 0.29) is 12.1 Å². The maximum atomic E-state index is 6.01. The maximum absolute atomic E-state index is 6.01. The van der Waals surface area contributed by atoms with Gasteiger partial charge in [0.2, 0.25) is 0 Å². The predicted molar refractivity (Wildman–Crippen MR) is 82.5 cm³/mol. The van der Waals surface area contributed by atoms with Crippen LogP contribution in [0.25, 0.3) is 0 Å². The second-order valence-electron chi connectivity index (χ2n) is 4.45. The Hall–Kier alpha value is -0.740. The molecule has 2 rings (SSSR count). The van der Waals surface area contributed by atoms with E-state index >= 15 is 0 Å². The van der Waals surface area contributed by atoms with Crippen LogP contribution in [0.4, 0.5) is 0 Å². The lowest BCUT2D eigenvalue weighted by Gasteiger charge is -2.21. The maximum Gasteiger partial charge on any atom is 0.148 e. The Bertz CT molecular complexity index is 568. The van der Waals surface area contributed by atoms with E-state index in [2.05, 4.69) is 0 Å². The number of halogens is 2. The van der Waals surface area contributed by atoms with Crippen molar-refractivity contribution in [2.24, 2.45) is 5.73 Å². The zero-order valence-electron chi connectivity index (χ0n) is 10.7. The summed E-state index contributed by atoms with van der Waals surface area (Å²) in [5.74, 6) is 0.758. The van der Waals surface area contributed by atoms with Gasteiger partial charge in [-0.2, -0.15) is 0 Å². The van der Waals surface area contributed by atoms with Crippen molar-refractivity contribution in [3.8, 4) is 5.75 Å². The van der Waals surface area contributed by atoms with E-state index in [0.717, 1.165) is 25.5 Å². The van der Waals surface area contributed by atoms with Gasteiger partial charge < -0.3 is 10.5 Å². The summed E-state index contributed by atoms with van der Waals surface area (Å²) in [5, 5.41) is 0.726. The van der Waals surface area contributed by atoms with Crippen molar-refractivity contribution in [2.45, 2.75) is 26.0 Å². The van der Waals surface area contributed by atoms with Gasteiger partial charge in [0.15, 0.2) is 0 Å². The molecule has 1 aromatic heterocycles. The number of rotatable bonds is 4. The monoisotopic (exact) mass is 315 g/mol. The molecule has 2 aromatic rings. The first-order valence-electron chi connectivity index (χ1n) is 5.91. The SMILES string of the molecule is Cc1cc(OC(c2ccc(Cl)s2)C(C)N)ccc1Cl. The van der Waals surface area contributed by atoms with Gasteiger partial charge in [-0.1, -0.05) is 23.2 Å². The van der Waals surface area contributed by atoms with E-state index in [1.54, 1.807) is 0 Å². The molecular formula is C14H15Cl2NOS. The number of ether oxygens (including phenoxy) is 1. The van der Waals surface area contributed by atoms with Crippen LogP contribution in [0.15, 0.2) is 30.3 Å². The van der Waals surface area contributed by atoms with Gasteiger partial charge in [-0.15, -0.1) is 11.3 Å². The van der Waals surface area contributed by atoms with Crippen molar-refractivity contribution < 1.29 is 4.74 Å². The summed E-state index contributed by atoms with van der Waals surface area (Å²) in [4.78, 5) is 1.02. The first-order chi connectivity index (χ1) is 8.97. The van der Waals surface area contributed by atoms with Gasteiger partial charge in [0, 0.05) is 15.9 Å². The quantitative estimate of drug-likeness (QED) is 0.877. The summed E-state index contributed by atoms with van der Waals surface area (Å²) in [7, 11) is 0. The topological polar surface area (TPSA) is 35.2 Å². The largest absolute Gasteiger partial charge is 0.483 e. The van der Waals surface area contributed by atoms with Gasteiger partial charge in [0.25, 0.3) is 0 Å². The third kappa shape index (κ3) is 3.63. The molecule has 0 aliphatic heterocycles. The van der Waals surface area contributed by atoms with Crippen LogP contribution in [-0.2, 0) is 0 Å². The molecule has 0 amide bonds. The highest BCUT2D eigenvalue weighted by Gasteiger charge is 2.20.